The molecule has 1 N–H and O–H groups in total. The smallest absolute Gasteiger partial charge is 0.237 e. The molecule has 2 saturated heterocycles. The molecule has 2 atom stereocenters. The predicted molar refractivity (Wildman–Crippen MR) is 104 cm³/mol. The maximum atomic E-state index is 12.7. The highest BCUT2D eigenvalue weighted by atomic mass is 32.2. The van der Waals surface area contributed by atoms with Crippen LogP contribution in [0.3, 0.4) is 0 Å². The second-order valence-electron chi connectivity index (χ2n) is 8.15. The van der Waals surface area contributed by atoms with Gasteiger partial charge in [0, 0.05) is 0 Å². The van der Waals surface area contributed by atoms with Crippen molar-refractivity contribution in [3.63, 3.8) is 0 Å². The van der Waals surface area contributed by atoms with Gasteiger partial charge in [0.15, 0.2) is 6.67 Å². The Hall–Kier alpha value is -1.77. The van der Waals surface area contributed by atoms with Gasteiger partial charge in [-0.3, -0.25) is 9.59 Å². The SMILES string of the molecule is O=C1[C@@H]2CCCC[C@H]2C(=O)N1C[NH+]1CCN(S(=O)(=O)Cc2ccccc2)CC1. The standard InChI is InChI=1S/C20H27N3O4S/c24-19-17-8-4-5-9-18(17)20(25)23(19)15-21-10-12-22(13-11-21)28(26,27)14-16-6-2-1-3-7-16/h1-3,6-7,17-18H,4-5,8-15H2/p+1/t17-,18-/m1/s1. The molecule has 3 fully saturated rings. The van der Waals surface area contributed by atoms with E-state index in [1.807, 2.05) is 30.3 Å². The van der Waals surface area contributed by atoms with Crippen LogP contribution in [0, 0.1) is 11.8 Å². The number of rotatable bonds is 5. The lowest BCUT2D eigenvalue weighted by atomic mass is 9.81. The summed E-state index contributed by atoms with van der Waals surface area (Å²) in [6.07, 6.45) is 3.71. The molecule has 1 aromatic rings. The van der Waals surface area contributed by atoms with Gasteiger partial charge in [-0.05, 0) is 18.4 Å². The zero-order chi connectivity index (χ0) is 19.7. The summed E-state index contributed by atoms with van der Waals surface area (Å²) in [7, 11) is -3.35. The van der Waals surface area contributed by atoms with E-state index in [4.69, 9.17) is 0 Å². The fourth-order valence-electron chi connectivity index (χ4n) is 4.73. The quantitative estimate of drug-likeness (QED) is 0.690. The van der Waals surface area contributed by atoms with E-state index in [1.165, 1.54) is 9.21 Å². The Balaban J connectivity index is 1.33. The largest absolute Gasteiger partial charge is 0.315 e. The average Bonchev–Trinajstić information content (AvgIpc) is 2.94. The van der Waals surface area contributed by atoms with E-state index >= 15 is 0 Å². The third kappa shape index (κ3) is 3.86. The molecule has 0 aromatic heterocycles. The number of amides is 2. The second-order valence-corrected chi connectivity index (χ2v) is 10.1. The molecule has 3 aliphatic rings. The van der Waals surface area contributed by atoms with Crippen molar-refractivity contribution in [1.82, 2.24) is 9.21 Å². The number of nitrogens with zero attached hydrogens (tertiary/aromatic N) is 2. The molecule has 4 rings (SSSR count). The van der Waals surface area contributed by atoms with E-state index in [2.05, 4.69) is 0 Å². The molecule has 8 heteroatoms. The van der Waals surface area contributed by atoms with Gasteiger partial charge in [-0.15, -0.1) is 0 Å². The Labute approximate surface area is 166 Å². The van der Waals surface area contributed by atoms with Crippen molar-refractivity contribution in [2.75, 3.05) is 32.8 Å². The number of sulfonamides is 1. The number of fused-ring (bicyclic) bond motifs is 1. The molecular weight excluding hydrogens is 378 g/mol. The Morgan fingerprint density at radius 1 is 0.929 bits per heavy atom. The lowest BCUT2D eigenvalue weighted by Gasteiger charge is -2.33. The van der Waals surface area contributed by atoms with Gasteiger partial charge in [0.05, 0.1) is 43.8 Å². The fraction of sp³-hybridized carbons (Fsp3) is 0.600. The van der Waals surface area contributed by atoms with Crippen molar-refractivity contribution < 1.29 is 22.9 Å². The van der Waals surface area contributed by atoms with E-state index in [-0.39, 0.29) is 29.4 Å². The minimum absolute atomic E-state index is 0.00955. The normalized spacial score (nSPS) is 27.2. The van der Waals surface area contributed by atoms with Crippen molar-refractivity contribution in [3.05, 3.63) is 35.9 Å². The van der Waals surface area contributed by atoms with Gasteiger partial charge in [-0.25, -0.2) is 13.3 Å². The summed E-state index contributed by atoms with van der Waals surface area (Å²) in [5.74, 6) is -0.251. The monoisotopic (exact) mass is 406 g/mol. The number of hydrogen-bond donors (Lipinski definition) is 1. The summed E-state index contributed by atoms with van der Waals surface area (Å²) in [6, 6.07) is 9.20. The van der Waals surface area contributed by atoms with Crippen molar-refractivity contribution in [2.45, 2.75) is 31.4 Å². The van der Waals surface area contributed by atoms with Crippen LogP contribution in [0.1, 0.15) is 31.2 Å². The first-order valence-corrected chi connectivity index (χ1v) is 11.8. The molecule has 0 unspecified atom stereocenters. The number of benzene rings is 1. The Bertz CT molecular complexity index is 810. The zero-order valence-electron chi connectivity index (χ0n) is 16.0. The van der Waals surface area contributed by atoms with Crippen molar-refractivity contribution in [1.29, 1.82) is 0 Å². The molecule has 0 spiro atoms. The van der Waals surface area contributed by atoms with E-state index in [9.17, 15) is 18.0 Å². The molecule has 0 bridgehead atoms. The van der Waals surface area contributed by atoms with Gasteiger partial charge in [0.25, 0.3) is 0 Å². The molecule has 2 amide bonds. The molecular formula is C20H28N3O4S+. The van der Waals surface area contributed by atoms with Gasteiger partial charge >= 0.3 is 0 Å². The number of piperazine rings is 1. The van der Waals surface area contributed by atoms with Crippen molar-refractivity contribution in [2.24, 2.45) is 11.8 Å². The lowest BCUT2D eigenvalue weighted by molar-refractivity contribution is -0.910. The number of carbonyl (C=O) groups is 2. The van der Waals surface area contributed by atoms with Crippen LogP contribution in [0.25, 0.3) is 0 Å². The minimum Gasteiger partial charge on any atom is -0.315 e. The first-order valence-electron chi connectivity index (χ1n) is 10.2. The highest BCUT2D eigenvalue weighted by Gasteiger charge is 2.49. The number of carbonyl (C=O) groups excluding carboxylic acids is 2. The second kappa shape index (κ2) is 7.93. The summed E-state index contributed by atoms with van der Waals surface area (Å²) < 4.78 is 26.9. The summed E-state index contributed by atoms with van der Waals surface area (Å²) in [4.78, 5) is 27.8. The molecule has 7 nitrogen and oxygen atoms in total. The molecule has 1 aromatic carbocycles. The van der Waals surface area contributed by atoms with Crippen LogP contribution in [0.2, 0.25) is 0 Å². The predicted octanol–water partition coefficient (Wildman–Crippen LogP) is -0.150. The maximum absolute atomic E-state index is 12.7. The summed E-state index contributed by atoms with van der Waals surface area (Å²) >= 11 is 0. The Morgan fingerprint density at radius 2 is 1.50 bits per heavy atom. The van der Waals surface area contributed by atoms with Gasteiger partial charge in [-0.1, -0.05) is 43.2 Å². The van der Waals surface area contributed by atoms with E-state index in [0.717, 1.165) is 36.1 Å². The lowest BCUT2D eigenvalue weighted by Crippen LogP contribution is -3.16. The van der Waals surface area contributed by atoms with E-state index < -0.39 is 10.0 Å². The van der Waals surface area contributed by atoms with Crippen molar-refractivity contribution in [3.8, 4) is 0 Å². The number of likely N-dealkylation sites (tertiary alicyclic amines) is 1. The van der Waals surface area contributed by atoms with Crippen LogP contribution in [0.15, 0.2) is 30.3 Å². The minimum atomic E-state index is -3.35. The highest BCUT2D eigenvalue weighted by Crippen LogP contribution is 2.37. The molecule has 28 heavy (non-hydrogen) atoms. The maximum Gasteiger partial charge on any atom is 0.237 e. The zero-order valence-corrected chi connectivity index (χ0v) is 16.9. The average molecular weight is 407 g/mol. The number of nitrogens with one attached hydrogen (secondary N) is 1. The van der Waals surface area contributed by atoms with Crippen LogP contribution < -0.4 is 4.90 Å². The summed E-state index contributed by atoms with van der Waals surface area (Å²) in [5, 5.41) is 0. The van der Waals surface area contributed by atoms with Crippen LogP contribution in [-0.2, 0) is 25.4 Å². The van der Waals surface area contributed by atoms with Gasteiger partial charge in [-0.2, -0.15) is 4.31 Å². The van der Waals surface area contributed by atoms with Crippen LogP contribution >= 0.6 is 0 Å². The Kier molecular flexibility index (Phi) is 5.53. The summed E-state index contributed by atoms with van der Waals surface area (Å²) in [6.45, 7) is 2.44. The third-order valence-electron chi connectivity index (χ3n) is 6.33. The van der Waals surface area contributed by atoms with E-state index in [1.54, 1.807) is 0 Å². The van der Waals surface area contributed by atoms with Crippen LogP contribution in [-0.4, -0.2) is 62.3 Å². The van der Waals surface area contributed by atoms with Crippen LogP contribution in [0.5, 0.6) is 0 Å². The third-order valence-corrected chi connectivity index (χ3v) is 8.18. The first kappa shape index (κ1) is 19.5. The number of quaternary nitrogens is 1. The number of hydrogen-bond acceptors (Lipinski definition) is 4. The van der Waals surface area contributed by atoms with Crippen LogP contribution in [0.4, 0.5) is 0 Å². The first-order chi connectivity index (χ1) is 13.5. The molecule has 0 radical (unpaired) electrons. The van der Waals surface area contributed by atoms with Gasteiger partial charge in [0.2, 0.25) is 21.8 Å². The van der Waals surface area contributed by atoms with Crippen molar-refractivity contribution >= 4 is 21.8 Å². The van der Waals surface area contributed by atoms with E-state index in [0.29, 0.717) is 32.8 Å². The highest BCUT2D eigenvalue weighted by molar-refractivity contribution is 7.88. The molecule has 152 valence electrons. The molecule has 2 heterocycles. The topological polar surface area (TPSA) is 79.2 Å². The van der Waals surface area contributed by atoms with Gasteiger partial charge in [0.1, 0.15) is 0 Å². The Morgan fingerprint density at radius 3 is 2.07 bits per heavy atom. The molecule has 1 aliphatic carbocycles. The van der Waals surface area contributed by atoms with Gasteiger partial charge < -0.3 is 4.90 Å². The number of imide groups is 1. The summed E-state index contributed by atoms with van der Waals surface area (Å²) in [5.41, 5.74) is 0.785. The fourth-order valence-corrected chi connectivity index (χ4v) is 6.26. The molecule has 1 saturated carbocycles. The molecule has 2 aliphatic heterocycles.